The van der Waals surface area contributed by atoms with Gasteiger partial charge in [0.25, 0.3) is 5.91 Å². The van der Waals surface area contributed by atoms with Gasteiger partial charge in [-0.15, -0.1) is 0 Å². The van der Waals surface area contributed by atoms with Crippen LogP contribution in [0.25, 0.3) is 0 Å². The van der Waals surface area contributed by atoms with Gasteiger partial charge in [0.05, 0.1) is 24.8 Å². The average molecular weight is 346 g/mol. The zero-order valence-corrected chi connectivity index (χ0v) is 13.6. The normalized spacial score (nSPS) is 20.4. The quantitative estimate of drug-likeness (QED) is 0.772. The SMILES string of the molecule is COc1ccc([C@H](NC(=O)c2cccc(F)c2O)C2CC(O)C2)cn1. The minimum atomic E-state index is -0.852. The largest absolute Gasteiger partial charge is 0.504 e. The van der Waals surface area contributed by atoms with Gasteiger partial charge < -0.3 is 20.3 Å². The van der Waals surface area contributed by atoms with Crippen LogP contribution in [0, 0.1) is 11.7 Å². The summed E-state index contributed by atoms with van der Waals surface area (Å²) in [7, 11) is 1.51. The summed E-state index contributed by atoms with van der Waals surface area (Å²) in [5.41, 5.74) is 0.619. The van der Waals surface area contributed by atoms with Crippen LogP contribution in [0.2, 0.25) is 0 Å². The maximum atomic E-state index is 13.5. The molecule has 1 aliphatic carbocycles. The van der Waals surface area contributed by atoms with Gasteiger partial charge in [0.15, 0.2) is 11.6 Å². The first-order chi connectivity index (χ1) is 12.0. The van der Waals surface area contributed by atoms with E-state index in [1.165, 1.54) is 19.2 Å². The van der Waals surface area contributed by atoms with E-state index < -0.39 is 29.6 Å². The Labute approximate surface area is 144 Å². The first-order valence-electron chi connectivity index (χ1n) is 7.96. The third-order valence-electron chi connectivity index (χ3n) is 4.47. The number of para-hydroxylation sites is 1. The van der Waals surface area contributed by atoms with E-state index in [2.05, 4.69) is 10.3 Å². The molecule has 1 aromatic heterocycles. The Morgan fingerprint density at radius 3 is 2.72 bits per heavy atom. The summed E-state index contributed by atoms with van der Waals surface area (Å²) in [5.74, 6) is -1.64. The fraction of sp³-hybridized carbons (Fsp3) is 0.333. The van der Waals surface area contributed by atoms with E-state index in [-0.39, 0.29) is 11.5 Å². The summed E-state index contributed by atoms with van der Waals surface area (Å²) in [4.78, 5) is 16.6. The smallest absolute Gasteiger partial charge is 0.255 e. The van der Waals surface area contributed by atoms with Crippen LogP contribution in [0.15, 0.2) is 36.5 Å². The number of halogens is 1. The Kier molecular flexibility index (Phi) is 4.85. The van der Waals surface area contributed by atoms with Gasteiger partial charge in [-0.05, 0) is 36.5 Å². The number of nitrogens with one attached hydrogen (secondary N) is 1. The number of nitrogens with zero attached hydrogens (tertiary/aromatic N) is 1. The molecule has 0 aliphatic heterocycles. The van der Waals surface area contributed by atoms with Crippen LogP contribution >= 0.6 is 0 Å². The molecule has 1 fully saturated rings. The van der Waals surface area contributed by atoms with Crippen LogP contribution < -0.4 is 10.1 Å². The number of aromatic hydroxyl groups is 1. The number of pyridine rings is 1. The molecule has 1 aromatic carbocycles. The Morgan fingerprint density at radius 2 is 2.12 bits per heavy atom. The number of aliphatic hydroxyl groups is 1. The van der Waals surface area contributed by atoms with Gasteiger partial charge in [0.1, 0.15) is 0 Å². The number of hydrogen-bond donors (Lipinski definition) is 3. The van der Waals surface area contributed by atoms with Gasteiger partial charge >= 0.3 is 0 Å². The molecule has 1 saturated carbocycles. The molecule has 1 amide bonds. The lowest BCUT2D eigenvalue weighted by atomic mass is 9.75. The number of hydrogen-bond acceptors (Lipinski definition) is 5. The third-order valence-corrected chi connectivity index (χ3v) is 4.47. The zero-order valence-electron chi connectivity index (χ0n) is 13.6. The topological polar surface area (TPSA) is 91.7 Å². The molecule has 1 atom stereocenters. The lowest BCUT2D eigenvalue weighted by molar-refractivity contribution is 0.0234. The van der Waals surface area contributed by atoms with Crippen LogP contribution in [0.4, 0.5) is 4.39 Å². The average Bonchev–Trinajstić information content (AvgIpc) is 2.59. The van der Waals surface area contributed by atoms with Gasteiger partial charge in [-0.3, -0.25) is 4.79 Å². The molecule has 0 saturated heterocycles. The number of aliphatic hydroxyl groups excluding tert-OH is 1. The first kappa shape index (κ1) is 17.2. The van der Waals surface area contributed by atoms with E-state index in [0.29, 0.717) is 18.7 Å². The van der Waals surface area contributed by atoms with E-state index >= 15 is 0 Å². The van der Waals surface area contributed by atoms with Gasteiger partial charge in [0.2, 0.25) is 5.88 Å². The second-order valence-corrected chi connectivity index (χ2v) is 6.11. The van der Waals surface area contributed by atoms with Crippen molar-refractivity contribution >= 4 is 5.91 Å². The number of carbonyl (C=O) groups excluding carboxylic acids is 1. The molecule has 7 heteroatoms. The molecule has 0 radical (unpaired) electrons. The molecule has 0 spiro atoms. The molecule has 1 heterocycles. The number of benzene rings is 1. The Hall–Kier alpha value is -2.67. The van der Waals surface area contributed by atoms with E-state index in [0.717, 1.165) is 11.6 Å². The summed E-state index contributed by atoms with van der Waals surface area (Å²) < 4.78 is 18.5. The highest BCUT2D eigenvalue weighted by molar-refractivity contribution is 5.97. The fourth-order valence-electron chi connectivity index (χ4n) is 2.99. The Balaban J connectivity index is 1.84. The van der Waals surface area contributed by atoms with Gasteiger partial charge in [-0.1, -0.05) is 12.1 Å². The second kappa shape index (κ2) is 7.06. The van der Waals surface area contributed by atoms with Crippen LogP contribution in [0.5, 0.6) is 11.6 Å². The molecule has 2 aromatic rings. The van der Waals surface area contributed by atoms with Crippen molar-refractivity contribution in [3.8, 4) is 11.6 Å². The van der Waals surface area contributed by atoms with Crippen LogP contribution in [-0.4, -0.2) is 34.3 Å². The Bertz CT molecular complexity index is 760. The molecule has 25 heavy (non-hydrogen) atoms. The maximum Gasteiger partial charge on any atom is 0.255 e. The minimum absolute atomic E-state index is 0.0323. The number of ether oxygens (including phenoxy) is 1. The number of phenols is 1. The monoisotopic (exact) mass is 346 g/mol. The summed E-state index contributed by atoms with van der Waals surface area (Å²) in [5, 5.41) is 22.2. The Morgan fingerprint density at radius 1 is 1.36 bits per heavy atom. The molecule has 6 nitrogen and oxygen atoms in total. The first-order valence-corrected chi connectivity index (χ1v) is 7.96. The van der Waals surface area contributed by atoms with E-state index in [1.54, 1.807) is 18.3 Å². The fourth-order valence-corrected chi connectivity index (χ4v) is 2.99. The van der Waals surface area contributed by atoms with Crippen LogP contribution in [0.1, 0.15) is 34.8 Å². The van der Waals surface area contributed by atoms with E-state index in [4.69, 9.17) is 4.74 Å². The second-order valence-electron chi connectivity index (χ2n) is 6.11. The van der Waals surface area contributed by atoms with E-state index in [1.807, 2.05) is 0 Å². The van der Waals surface area contributed by atoms with Crippen molar-refractivity contribution in [3.05, 3.63) is 53.5 Å². The summed E-state index contributed by atoms with van der Waals surface area (Å²) >= 11 is 0. The molecule has 1 aliphatic rings. The number of amides is 1. The summed E-state index contributed by atoms with van der Waals surface area (Å²) in [6.45, 7) is 0. The standard InChI is InChI=1S/C18H19FN2O4/c1-25-15-6-5-10(9-20-15)16(11-7-12(22)8-11)21-18(24)13-3-2-4-14(19)17(13)23/h2-6,9,11-12,16,22-23H,7-8H2,1H3,(H,21,24)/t11?,12?,16-/m0/s1. The highest BCUT2D eigenvalue weighted by atomic mass is 19.1. The molecule has 0 bridgehead atoms. The lowest BCUT2D eigenvalue weighted by Gasteiger charge is -2.38. The molecular formula is C18H19FN2O4. The highest BCUT2D eigenvalue weighted by Gasteiger charge is 2.36. The molecule has 3 N–H and O–H groups in total. The van der Waals surface area contributed by atoms with Crippen molar-refractivity contribution in [2.45, 2.75) is 25.0 Å². The molecule has 3 rings (SSSR count). The lowest BCUT2D eigenvalue weighted by Crippen LogP contribution is -2.41. The van der Waals surface area contributed by atoms with Crippen molar-refractivity contribution in [2.24, 2.45) is 5.92 Å². The number of methoxy groups -OCH3 is 1. The number of phenolic OH excluding ortho intramolecular Hbond substituents is 1. The minimum Gasteiger partial charge on any atom is -0.504 e. The van der Waals surface area contributed by atoms with Crippen molar-refractivity contribution in [3.63, 3.8) is 0 Å². The van der Waals surface area contributed by atoms with Gasteiger partial charge in [-0.25, -0.2) is 9.37 Å². The summed E-state index contributed by atoms with van der Waals surface area (Å²) in [6.07, 6.45) is 2.30. The van der Waals surface area contributed by atoms with Crippen molar-refractivity contribution in [1.82, 2.24) is 10.3 Å². The highest BCUT2D eigenvalue weighted by Crippen LogP contribution is 2.38. The summed E-state index contributed by atoms with van der Waals surface area (Å²) in [6, 6.07) is 6.86. The van der Waals surface area contributed by atoms with Gasteiger partial charge in [0, 0.05) is 12.3 Å². The number of rotatable bonds is 5. The molecule has 0 unspecified atom stereocenters. The van der Waals surface area contributed by atoms with Crippen molar-refractivity contribution in [2.75, 3.05) is 7.11 Å². The van der Waals surface area contributed by atoms with Crippen LogP contribution in [0.3, 0.4) is 0 Å². The molecular weight excluding hydrogens is 327 g/mol. The van der Waals surface area contributed by atoms with Crippen molar-refractivity contribution < 1.29 is 24.1 Å². The van der Waals surface area contributed by atoms with E-state index in [9.17, 15) is 19.4 Å². The van der Waals surface area contributed by atoms with Crippen LogP contribution in [-0.2, 0) is 0 Å². The predicted molar refractivity (Wildman–Crippen MR) is 87.8 cm³/mol. The predicted octanol–water partition coefficient (Wildman–Crippen LogP) is 2.18. The number of carbonyl (C=O) groups is 1. The van der Waals surface area contributed by atoms with Gasteiger partial charge in [-0.2, -0.15) is 0 Å². The van der Waals surface area contributed by atoms with Crippen molar-refractivity contribution in [1.29, 1.82) is 0 Å². The maximum absolute atomic E-state index is 13.5. The third kappa shape index (κ3) is 3.56. The number of aromatic nitrogens is 1. The molecule has 132 valence electrons. The zero-order chi connectivity index (χ0) is 18.0.